The molecule has 0 aliphatic rings. The summed E-state index contributed by atoms with van der Waals surface area (Å²) in [5.74, 6) is -0.154. The molecule has 0 atom stereocenters. The smallest absolute Gasteiger partial charge is 0.271 e. The Labute approximate surface area is 114 Å². The summed E-state index contributed by atoms with van der Waals surface area (Å²) in [6, 6.07) is 0. The van der Waals surface area contributed by atoms with Crippen LogP contribution in [0.5, 0.6) is 0 Å². The third-order valence-corrected chi connectivity index (χ3v) is 3.02. The number of nitrogens with two attached hydrogens (primary N) is 1. The minimum Gasteiger partial charge on any atom is -0.395 e. The fourth-order valence-electron chi connectivity index (χ4n) is 1.96. The van der Waals surface area contributed by atoms with Gasteiger partial charge in [-0.1, -0.05) is 6.92 Å². The van der Waals surface area contributed by atoms with E-state index in [1.807, 2.05) is 6.92 Å². The Bertz CT molecular complexity index is 415. The maximum absolute atomic E-state index is 12.0. The number of nitrogens with zero attached hydrogens (tertiary/aromatic N) is 2. The quantitative estimate of drug-likeness (QED) is 0.692. The number of rotatable bonds is 8. The summed E-state index contributed by atoms with van der Waals surface area (Å²) < 4.78 is 6.52. The number of aryl methyl sites for hydroxylation is 2. The Kier molecular flexibility index (Phi) is 6.35. The molecule has 0 spiro atoms. The van der Waals surface area contributed by atoms with E-state index in [1.165, 1.54) is 0 Å². The number of hydrogen-bond acceptors (Lipinski definition) is 4. The number of unbranched alkanes of at least 4 members (excludes halogenated alkanes) is 2. The van der Waals surface area contributed by atoms with Crippen molar-refractivity contribution in [1.82, 2.24) is 15.1 Å². The van der Waals surface area contributed by atoms with Crippen molar-refractivity contribution in [2.24, 2.45) is 7.05 Å². The molecule has 0 aliphatic carbocycles. The highest BCUT2D eigenvalue weighted by Crippen LogP contribution is 2.16. The van der Waals surface area contributed by atoms with Crippen molar-refractivity contribution < 1.29 is 9.53 Å². The number of ether oxygens (including phenoxy) is 1. The van der Waals surface area contributed by atoms with Crippen LogP contribution in [0.4, 0.5) is 5.69 Å². The van der Waals surface area contributed by atoms with Crippen molar-refractivity contribution in [2.45, 2.75) is 32.6 Å². The minimum atomic E-state index is -0.154. The van der Waals surface area contributed by atoms with Crippen LogP contribution < -0.4 is 11.1 Å². The normalized spacial score (nSPS) is 10.7. The molecule has 0 radical (unpaired) electrons. The number of anilines is 1. The van der Waals surface area contributed by atoms with Crippen LogP contribution in [0, 0.1) is 0 Å². The predicted molar refractivity (Wildman–Crippen MR) is 75.1 cm³/mol. The molecule has 0 fully saturated rings. The Balaban J connectivity index is 2.43. The molecule has 0 aromatic carbocycles. The fourth-order valence-corrected chi connectivity index (χ4v) is 1.96. The SMILES string of the molecule is CCc1nn(C)c(C(=O)NCCCCCOC)c1N. The van der Waals surface area contributed by atoms with Crippen LogP contribution in [0.25, 0.3) is 0 Å². The van der Waals surface area contributed by atoms with Gasteiger partial charge >= 0.3 is 0 Å². The molecular formula is C13H24N4O2. The molecule has 6 heteroatoms. The average molecular weight is 268 g/mol. The number of aromatic nitrogens is 2. The van der Waals surface area contributed by atoms with Crippen LogP contribution in [0.3, 0.4) is 0 Å². The fraction of sp³-hybridized carbons (Fsp3) is 0.692. The first-order valence-electron chi connectivity index (χ1n) is 6.70. The molecular weight excluding hydrogens is 244 g/mol. The van der Waals surface area contributed by atoms with Gasteiger partial charge in [-0.05, 0) is 25.7 Å². The van der Waals surface area contributed by atoms with Crippen LogP contribution in [0.2, 0.25) is 0 Å². The summed E-state index contributed by atoms with van der Waals surface area (Å²) in [6.07, 6.45) is 3.72. The number of methoxy groups -OCH3 is 1. The number of hydrogen-bond donors (Lipinski definition) is 2. The summed E-state index contributed by atoms with van der Waals surface area (Å²) in [5.41, 5.74) is 7.64. The minimum absolute atomic E-state index is 0.154. The zero-order valence-corrected chi connectivity index (χ0v) is 12.0. The highest BCUT2D eigenvalue weighted by atomic mass is 16.5. The summed E-state index contributed by atoms with van der Waals surface area (Å²) in [5, 5.41) is 7.11. The summed E-state index contributed by atoms with van der Waals surface area (Å²) in [4.78, 5) is 12.0. The molecule has 108 valence electrons. The lowest BCUT2D eigenvalue weighted by atomic mass is 10.2. The van der Waals surface area contributed by atoms with Crippen molar-refractivity contribution in [3.63, 3.8) is 0 Å². The van der Waals surface area contributed by atoms with Crippen LogP contribution in [-0.4, -0.2) is 35.9 Å². The summed E-state index contributed by atoms with van der Waals surface area (Å²) in [6.45, 7) is 3.38. The van der Waals surface area contributed by atoms with Crippen LogP contribution in [-0.2, 0) is 18.2 Å². The average Bonchev–Trinajstić information content (AvgIpc) is 2.68. The van der Waals surface area contributed by atoms with E-state index < -0.39 is 0 Å². The Hall–Kier alpha value is -1.56. The molecule has 1 amide bonds. The molecule has 0 bridgehead atoms. The third kappa shape index (κ3) is 4.24. The van der Waals surface area contributed by atoms with Crippen molar-refractivity contribution in [2.75, 3.05) is 26.0 Å². The monoisotopic (exact) mass is 268 g/mol. The van der Waals surface area contributed by atoms with E-state index in [2.05, 4.69) is 10.4 Å². The van der Waals surface area contributed by atoms with Gasteiger partial charge in [0.1, 0.15) is 5.69 Å². The van der Waals surface area contributed by atoms with E-state index in [9.17, 15) is 4.79 Å². The summed E-state index contributed by atoms with van der Waals surface area (Å²) >= 11 is 0. The highest BCUT2D eigenvalue weighted by molar-refractivity contribution is 5.97. The van der Waals surface area contributed by atoms with Gasteiger partial charge in [0.25, 0.3) is 5.91 Å². The van der Waals surface area contributed by atoms with Crippen molar-refractivity contribution >= 4 is 11.6 Å². The third-order valence-electron chi connectivity index (χ3n) is 3.02. The molecule has 0 saturated carbocycles. The first kappa shape index (κ1) is 15.5. The first-order valence-corrected chi connectivity index (χ1v) is 6.70. The van der Waals surface area contributed by atoms with Gasteiger partial charge in [0.05, 0.1) is 11.4 Å². The van der Waals surface area contributed by atoms with Gasteiger partial charge in [0, 0.05) is 27.3 Å². The van der Waals surface area contributed by atoms with Crippen molar-refractivity contribution in [1.29, 1.82) is 0 Å². The zero-order valence-electron chi connectivity index (χ0n) is 12.0. The number of amides is 1. The van der Waals surface area contributed by atoms with E-state index in [0.29, 0.717) is 17.9 Å². The van der Waals surface area contributed by atoms with Crippen molar-refractivity contribution in [3.05, 3.63) is 11.4 Å². The van der Waals surface area contributed by atoms with E-state index in [0.717, 1.165) is 38.0 Å². The van der Waals surface area contributed by atoms with Gasteiger partial charge in [0.15, 0.2) is 0 Å². The van der Waals surface area contributed by atoms with Gasteiger partial charge in [-0.3, -0.25) is 9.48 Å². The van der Waals surface area contributed by atoms with E-state index in [1.54, 1.807) is 18.8 Å². The van der Waals surface area contributed by atoms with Gasteiger partial charge in [-0.15, -0.1) is 0 Å². The topological polar surface area (TPSA) is 82.2 Å². The lowest BCUT2D eigenvalue weighted by molar-refractivity contribution is 0.0944. The molecule has 1 heterocycles. The number of carbonyl (C=O) groups excluding carboxylic acids is 1. The first-order chi connectivity index (χ1) is 9.11. The maximum atomic E-state index is 12.0. The van der Waals surface area contributed by atoms with Gasteiger partial charge in [-0.2, -0.15) is 5.10 Å². The molecule has 3 N–H and O–H groups in total. The largest absolute Gasteiger partial charge is 0.395 e. The zero-order chi connectivity index (χ0) is 14.3. The van der Waals surface area contributed by atoms with Gasteiger partial charge in [-0.25, -0.2) is 0 Å². The molecule has 1 aromatic heterocycles. The number of carbonyl (C=O) groups is 1. The summed E-state index contributed by atoms with van der Waals surface area (Å²) in [7, 11) is 3.43. The standard InChI is InChI=1S/C13H24N4O2/c1-4-10-11(14)12(17(2)16-10)13(18)15-8-6-5-7-9-19-3/h4-9,14H2,1-3H3,(H,15,18). The van der Waals surface area contributed by atoms with Crippen molar-refractivity contribution in [3.8, 4) is 0 Å². The molecule has 0 saturated heterocycles. The van der Waals surface area contributed by atoms with Crippen LogP contribution in [0.15, 0.2) is 0 Å². The highest BCUT2D eigenvalue weighted by Gasteiger charge is 2.18. The second-order valence-corrected chi connectivity index (χ2v) is 4.50. The number of nitrogens with one attached hydrogen (secondary N) is 1. The van der Waals surface area contributed by atoms with Crippen LogP contribution >= 0.6 is 0 Å². The second kappa shape index (κ2) is 7.78. The lowest BCUT2D eigenvalue weighted by Gasteiger charge is -2.06. The Morgan fingerprint density at radius 2 is 2.16 bits per heavy atom. The Morgan fingerprint density at radius 3 is 2.74 bits per heavy atom. The van der Waals surface area contributed by atoms with Gasteiger partial charge < -0.3 is 15.8 Å². The maximum Gasteiger partial charge on any atom is 0.271 e. The van der Waals surface area contributed by atoms with Crippen LogP contribution in [0.1, 0.15) is 42.4 Å². The molecule has 0 aliphatic heterocycles. The predicted octanol–water partition coefficient (Wildman–Crippen LogP) is 1.11. The molecule has 19 heavy (non-hydrogen) atoms. The molecule has 6 nitrogen and oxygen atoms in total. The molecule has 0 unspecified atom stereocenters. The second-order valence-electron chi connectivity index (χ2n) is 4.50. The van der Waals surface area contributed by atoms with E-state index in [-0.39, 0.29) is 5.91 Å². The molecule has 1 rings (SSSR count). The Morgan fingerprint density at radius 1 is 1.42 bits per heavy atom. The van der Waals surface area contributed by atoms with E-state index >= 15 is 0 Å². The number of nitrogen functional groups attached to an aromatic ring is 1. The van der Waals surface area contributed by atoms with E-state index in [4.69, 9.17) is 10.5 Å². The van der Waals surface area contributed by atoms with Gasteiger partial charge in [0.2, 0.25) is 0 Å². The molecule has 1 aromatic rings. The lowest BCUT2D eigenvalue weighted by Crippen LogP contribution is -2.27.